The summed E-state index contributed by atoms with van der Waals surface area (Å²) in [6, 6.07) is 5.66. The van der Waals surface area contributed by atoms with E-state index in [0.29, 0.717) is 36.2 Å². The number of nitrogens with zero attached hydrogens (tertiary/aromatic N) is 3. The number of aliphatic hydroxyl groups is 1. The largest absolute Gasteiger partial charge is 0.385 e. The summed E-state index contributed by atoms with van der Waals surface area (Å²) in [4.78, 5) is 15.6. The standard InChI is InChI=1S/C15H19NO2.C13H16N2O2/c1-9(2)14-13(10-5-7-12(17)8-6-10)15(18-16-14)11-3-4-11;1-8(2)12-11(10-6-4-5-7-14-10)13(9(3)16)17-15-12/h5,9,11H,3-4,6-8H2,1-2H3;4-9,16H,1-3H3. The van der Waals surface area contributed by atoms with Crippen molar-refractivity contribution in [1.29, 1.82) is 0 Å². The molecule has 5 rings (SSSR count). The highest BCUT2D eigenvalue weighted by Crippen LogP contribution is 2.46. The van der Waals surface area contributed by atoms with Gasteiger partial charge in [0.25, 0.3) is 0 Å². The molecule has 7 heteroatoms. The molecule has 0 aromatic carbocycles. The van der Waals surface area contributed by atoms with Crippen LogP contribution in [0.1, 0.15) is 119 Å². The molecular formula is C28H35N3O4. The Morgan fingerprint density at radius 3 is 2.17 bits per heavy atom. The Labute approximate surface area is 206 Å². The average molecular weight is 478 g/mol. The molecule has 2 aliphatic rings. The van der Waals surface area contributed by atoms with Crippen LogP contribution >= 0.6 is 0 Å². The number of aliphatic hydroxyl groups excluding tert-OH is 1. The van der Waals surface area contributed by atoms with Crippen molar-refractivity contribution in [2.45, 2.75) is 90.6 Å². The van der Waals surface area contributed by atoms with Crippen LogP contribution in [0.2, 0.25) is 0 Å². The molecule has 0 radical (unpaired) electrons. The Bertz CT molecular complexity index is 1140. The topological polar surface area (TPSA) is 102 Å². The van der Waals surface area contributed by atoms with Crippen molar-refractivity contribution in [3.8, 4) is 11.3 Å². The maximum absolute atomic E-state index is 11.3. The molecule has 1 saturated carbocycles. The second kappa shape index (κ2) is 10.7. The molecule has 35 heavy (non-hydrogen) atoms. The van der Waals surface area contributed by atoms with Gasteiger partial charge in [-0.25, -0.2) is 0 Å². The summed E-state index contributed by atoms with van der Waals surface area (Å²) >= 11 is 0. The van der Waals surface area contributed by atoms with Crippen molar-refractivity contribution in [2.75, 3.05) is 0 Å². The predicted molar refractivity (Wildman–Crippen MR) is 134 cm³/mol. The lowest BCUT2D eigenvalue weighted by Crippen LogP contribution is -2.05. The molecule has 0 amide bonds. The molecule has 0 bridgehead atoms. The fourth-order valence-electron chi connectivity index (χ4n) is 4.36. The van der Waals surface area contributed by atoms with Crippen LogP contribution in [0.5, 0.6) is 0 Å². The van der Waals surface area contributed by atoms with Crippen molar-refractivity contribution < 1.29 is 18.9 Å². The molecule has 0 aliphatic heterocycles. The number of hydrogen-bond donors (Lipinski definition) is 1. The van der Waals surface area contributed by atoms with Gasteiger partial charge in [-0.05, 0) is 55.7 Å². The van der Waals surface area contributed by atoms with Gasteiger partial charge in [-0.3, -0.25) is 9.78 Å². The minimum absolute atomic E-state index is 0.225. The zero-order valence-corrected chi connectivity index (χ0v) is 21.2. The first-order valence-electron chi connectivity index (χ1n) is 12.6. The molecular weight excluding hydrogens is 442 g/mol. The highest BCUT2D eigenvalue weighted by molar-refractivity contribution is 5.87. The van der Waals surface area contributed by atoms with Gasteiger partial charge in [-0.2, -0.15) is 0 Å². The number of aromatic nitrogens is 3. The molecule has 186 valence electrons. The maximum atomic E-state index is 11.3. The fourth-order valence-corrected chi connectivity index (χ4v) is 4.36. The monoisotopic (exact) mass is 477 g/mol. The minimum Gasteiger partial charge on any atom is -0.385 e. The van der Waals surface area contributed by atoms with E-state index in [4.69, 9.17) is 9.05 Å². The number of allylic oxidation sites excluding steroid dienone is 2. The molecule has 3 aromatic rings. The lowest BCUT2D eigenvalue weighted by molar-refractivity contribution is -0.118. The summed E-state index contributed by atoms with van der Waals surface area (Å²) in [5, 5.41) is 18.0. The van der Waals surface area contributed by atoms with Crippen molar-refractivity contribution in [3.63, 3.8) is 0 Å². The van der Waals surface area contributed by atoms with Crippen LogP contribution in [0.3, 0.4) is 0 Å². The predicted octanol–water partition coefficient (Wildman–Crippen LogP) is 6.73. The van der Waals surface area contributed by atoms with Gasteiger partial charge in [0.2, 0.25) is 0 Å². The molecule has 1 N–H and O–H groups in total. The van der Waals surface area contributed by atoms with E-state index >= 15 is 0 Å². The third kappa shape index (κ3) is 5.61. The van der Waals surface area contributed by atoms with E-state index in [-0.39, 0.29) is 5.92 Å². The first kappa shape index (κ1) is 25.0. The number of ketones is 1. The summed E-state index contributed by atoms with van der Waals surface area (Å²) in [7, 11) is 0. The molecule has 1 unspecified atom stereocenters. The van der Waals surface area contributed by atoms with Gasteiger partial charge < -0.3 is 14.2 Å². The van der Waals surface area contributed by atoms with Crippen LogP contribution in [0.15, 0.2) is 39.5 Å². The Morgan fingerprint density at radius 2 is 1.63 bits per heavy atom. The second-order valence-corrected chi connectivity index (χ2v) is 10.1. The van der Waals surface area contributed by atoms with Crippen LogP contribution < -0.4 is 0 Å². The van der Waals surface area contributed by atoms with E-state index in [1.165, 1.54) is 24.0 Å². The lowest BCUT2D eigenvalue weighted by Gasteiger charge is -2.14. The second-order valence-electron chi connectivity index (χ2n) is 10.1. The van der Waals surface area contributed by atoms with Gasteiger partial charge in [0.15, 0.2) is 5.76 Å². The van der Waals surface area contributed by atoms with Crippen LogP contribution in [-0.2, 0) is 4.79 Å². The average Bonchev–Trinajstić information content (AvgIpc) is 3.41. The Hall–Kier alpha value is -3.06. The van der Waals surface area contributed by atoms with Gasteiger partial charge in [0.1, 0.15) is 17.6 Å². The third-order valence-corrected chi connectivity index (χ3v) is 6.40. The van der Waals surface area contributed by atoms with E-state index < -0.39 is 6.10 Å². The van der Waals surface area contributed by atoms with E-state index in [1.54, 1.807) is 13.1 Å². The number of carbonyl (C=O) groups excluding carboxylic acids is 1. The van der Waals surface area contributed by atoms with E-state index in [0.717, 1.165) is 34.8 Å². The molecule has 2 aliphatic carbocycles. The van der Waals surface area contributed by atoms with Gasteiger partial charge in [-0.1, -0.05) is 50.2 Å². The third-order valence-electron chi connectivity index (χ3n) is 6.40. The zero-order valence-electron chi connectivity index (χ0n) is 21.2. The van der Waals surface area contributed by atoms with Gasteiger partial charge in [-0.15, -0.1) is 0 Å². The molecule has 3 heterocycles. The number of rotatable bonds is 6. The lowest BCUT2D eigenvalue weighted by atomic mass is 9.88. The van der Waals surface area contributed by atoms with E-state index in [2.05, 4.69) is 35.2 Å². The van der Waals surface area contributed by atoms with Crippen molar-refractivity contribution in [2.24, 2.45) is 0 Å². The normalized spacial score (nSPS) is 16.8. The van der Waals surface area contributed by atoms with Gasteiger partial charge in [0.05, 0.1) is 22.6 Å². The van der Waals surface area contributed by atoms with Crippen molar-refractivity contribution >= 4 is 11.4 Å². The van der Waals surface area contributed by atoms with Crippen molar-refractivity contribution in [1.82, 2.24) is 15.3 Å². The molecule has 3 aromatic heterocycles. The molecule has 0 saturated heterocycles. The van der Waals surface area contributed by atoms with E-state index in [9.17, 15) is 9.90 Å². The van der Waals surface area contributed by atoms with Gasteiger partial charge >= 0.3 is 0 Å². The van der Waals surface area contributed by atoms with E-state index in [1.807, 2.05) is 32.0 Å². The Morgan fingerprint density at radius 1 is 0.943 bits per heavy atom. The van der Waals surface area contributed by atoms with Crippen LogP contribution in [0.4, 0.5) is 0 Å². The molecule has 0 spiro atoms. The maximum Gasteiger partial charge on any atom is 0.174 e. The van der Waals surface area contributed by atoms with Crippen LogP contribution in [0.25, 0.3) is 16.8 Å². The molecule has 1 fully saturated rings. The first-order chi connectivity index (χ1) is 16.8. The number of Topliss-reactive ketones (excluding diaryl/α,β-unsaturated/α-hetero) is 1. The smallest absolute Gasteiger partial charge is 0.174 e. The fraction of sp³-hybridized carbons (Fsp3) is 0.500. The quantitative estimate of drug-likeness (QED) is 0.420. The summed E-state index contributed by atoms with van der Waals surface area (Å²) in [6.45, 7) is 10.0. The highest BCUT2D eigenvalue weighted by Gasteiger charge is 2.34. The number of carbonyl (C=O) groups is 1. The summed E-state index contributed by atoms with van der Waals surface area (Å²) in [6.07, 6.45) is 7.62. The molecule has 1 atom stereocenters. The Kier molecular flexibility index (Phi) is 7.65. The zero-order chi connectivity index (χ0) is 25.1. The summed E-state index contributed by atoms with van der Waals surface area (Å²) < 4.78 is 10.8. The summed E-state index contributed by atoms with van der Waals surface area (Å²) in [5.74, 6) is 3.05. The van der Waals surface area contributed by atoms with Crippen LogP contribution in [-0.4, -0.2) is 26.2 Å². The SMILES string of the molecule is CC(C)c1noc(C(C)O)c1-c1ccccn1.CC(C)c1noc(C2CC2)c1C1=CCC(=O)CC1. The van der Waals surface area contributed by atoms with Crippen LogP contribution in [0, 0.1) is 0 Å². The number of pyridine rings is 1. The minimum atomic E-state index is -0.688. The summed E-state index contributed by atoms with van der Waals surface area (Å²) in [5.41, 5.74) is 6.00. The molecule has 7 nitrogen and oxygen atoms in total. The highest BCUT2D eigenvalue weighted by atomic mass is 16.5. The van der Waals surface area contributed by atoms with Gasteiger partial charge in [0, 0.05) is 30.5 Å². The number of hydrogen-bond acceptors (Lipinski definition) is 7. The van der Waals surface area contributed by atoms with Crippen molar-refractivity contribution in [3.05, 3.63) is 58.9 Å². The first-order valence-corrected chi connectivity index (χ1v) is 12.6. The Balaban J connectivity index is 0.000000165.